The second kappa shape index (κ2) is 6.26. The largest absolute Gasteiger partial charge is 0.377 e. The van der Waals surface area contributed by atoms with Crippen molar-refractivity contribution in [1.29, 1.82) is 0 Å². The molecule has 1 aromatic rings. The summed E-state index contributed by atoms with van der Waals surface area (Å²) in [6, 6.07) is 9.03. The number of amides is 3. The monoisotopic (exact) mass is 290 g/mol. The van der Waals surface area contributed by atoms with Crippen LogP contribution in [0.3, 0.4) is 0 Å². The fourth-order valence-electron chi connectivity index (χ4n) is 2.57. The average Bonchev–Trinajstić information content (AvgIpc) is 2.72. The van der Waals surface area contributed by atoms with Gasteiger partial charge in [-0.25, -0.2) is 4.79 Å². The molecule has 0 bridgehead atoms. The van der Waals surface area contributed by atoms with Crippen LogP contribution in [-0.4, -0.2) is 36.1 Å². The smallest absolute Gasteiger partial charge is 0.325 e. The number of hydrogen-bond acceptors (Lipinski definition) is 3. The first-order valence-electron chi connectivity index (χ1n) is 7.32. The molecule has 1 heterocycles. The lowest BCUT2D eigenvalue weighted by atomic mass is 9.87. The first-order chi connectivity index (χ1) is 10.0. The van der Waals surface area contributed by atoms with Gasteiger partial charge in [0.15, 0.2) is 0 Å². The van der Waals surface area contributed by atoms with Gasteiger partial charge in [-0.2, -0.15) is 0 Å². The highest BCUT2D eigenvalue weighted by atomic mass is 16.5. The zero-order chi connectivity index (χ0) is 15.5. The van der Waals surface area contributed by atoms with Gasteiger partial charge in [-0.1, -0.05) is 37.3 Å². The highest BCUT2D eigenvalue weighted by Crippen LogP contribution is 2.32. The molecule has 1 saturated heterocycles. The van der Waals surface area contributed by atoms with Crippen LogP contribution in [0.1, 0.15) is 32.8 Å². The molecule has 2 rings (SSSR count). The molecular formula is C16H22N2O3. The third-order valence-corrected chi connectivity index (χ3v) is 3.74. The summed E-state index contributed by atoms with van der Waals surface area (Å²) in [4.78, 5) is 26.1. The summed E-state index contributed by atoms with van der Waals surface area (Å²) < 4.78 is 5.43. The fourth-order valence-corrected chi connectivity index (χ4v) is 2.57. The minimum atomic E-state index is -0.948. The Hall–Kier alpha value is -1.88. The Bertz CT molecular complexity index is 516. The molecule has 1 aromatic carbocycles. The van der Waals surface area contributed by atoms with E-state index in [1.807, 2.05) is 51.1 Å². The maximum Gasteiger partial charge on any atom is 0.325 e. The van der Waals surface area contributed by atoms with Crippen LogP contribution in [0.4, 0.5) is 4.79 Å². The standard InChI is InChI=1S/C16H22N2O3/c1-4-16(13-8-6-5-7-9-13)14(19)18(15(20)17-16)10-11-21-12(2)3/h5-9,12H,4,10-11H2,1-3H3,(H,17,20). The maximum atomic E-state index is 12.7. The van der Waals surface area contributed by atoms with Crippen LogP contribution in [-0.2, 0) is 15.1 Å². The van der Waals surface area contributed by atoms with Gasteiger partial charge in [-0.15, -0.1) is 0 Å². The summed E-state index contributed by atoms with van der Waals surface area (Å²) in [7, 11) is 0. The molecule has 1 aliphatic rings. The van der Waals surface area contributed by atoms with E-state index < -0.39 is 5.54 Å². The minimum absolute atomic E-state index is 0.0795. The Labute approximate surface area is 125 Å². The van der Waals surface area contributed by atoms with E-state index in [1.54, 1.807) is 0 Å². The van der Waals surface area contributed by atoms with Crippen LogP contribution in [0.5, 0.6) is 0 Å². The van der Waals surface area contributed by atoms with E-state index >= 15 is 0 Å². The minimum Gasteiger partial charge on any atom is -0.377 e. The van der Waals surface area contributed by atoms with Crippen LogP contribution in [0.15, 0.2) is 30.3 Å². The van der Waals surface area contributed by atoms with E-state index in [9.17, 15) is 9.59 Å². The Morgan fingerprint density at radius 2 is 1.90 bits per heavy atom. The van der Waals surface area contributed by atoms with E-state index in [0.717, 1.165) is 5.56 Å². The van der Waals surface area contributed by atoms with Gasteiger partial charge in [0.25, 0.3) is 5.91 Å². The quantitative estimate of drug-likeness (QED) is 0.818. The molecule has 1 N–H and O–H groups in total. The molecule has 21 heavy (non-hydrogen) atoms. The van der Waals surface area contributed by atoms with Gasteiger partial charge in [-0.3, -0.25) is 9.69 Å². The second-order valence-electron chi connectivity index (χ2n) is 5.43. The van der Waals surface area contributed by atoms with Crippen LogP contribution in [0.2, 0.25) is 0 Å². The molecule has 5 nitrogen and oxygen atoms in total. The van der Waals surface area contributed by atoms with Gasteiger partial charge < -0.3 is 10.1 Å². The van der Waals surface area contributed by atoms with Gasteiger partial charge in [0.1, 0.15) is 5.54 Å². The third kappa shape index (κ3) is 2.93. The molecular weight excluding hydrogens is 268 g/mol. The lowest BCUT2D eigenvalue weighted by Gasteiger charge is -2.25. The molecule has 0 spiro atoms. The molecule has 0 radical (unpaired) electrons. The Morgan fingerprint density at radius 3 is 2.48 bits per heavy atom. The zero-order valence-corrected chi connectivity index (χ0v) is 12.8. The van der Waals surface area contributed by atoms with Crippen molar-refractivity contribution < 1.29 is 14.3 Å². The predicted octanol–water partition coefficient (Wildman–Crippen LogP) is 2.27. The highest BCUT2D eigenvalue weighted by Gasteiger charge is 2.50. The van der Waals surface area contributed by atoms with E-state index in [1.165, 1.54) is 4.90 Å². The number of benzene rings is 1. The second-order valence-corrected chi connectivity index (χ2v) is 5.43. The number of hydrogen-bond donors (Lipinski definition) is 1. The Kier molecular flexibility index (Phi) is 4.63. The van der Waals surface area contributed by atoms with E-state index in [4.69, 9.17) is 4.74 Å². The zero-order valence-electron chi connectivity index (χ0n) is 12.8. The molecule has 1 unspecified atom stereocenters. The third-order valence-electron chi connectivity index (χ3n) is 3.74. The van der Waals surface area contributed by atoms with Crippen molar-refractivity contribution >= 4 is 11.9 Å². The first-order valence-corrected chi connectivity index (χ1v) is 7.32. The lowest BCUT2D eigenvalue weighted by Crippen LogP contribution is -2.43. The summed E-state index contributed by atoms with van der Waals surface area (Å²) in [5, 5.41) is 2.85. The van der Waals surface area contributed by atoms with Gasteiger partial charge >= 0.3 is 6.03 Å². The van der Waals surface area contributed by atoms with Crippen molar-refractivity contribution in [2.75, 3.05) is 13.2 Å². The lowest BCUT2D eigenvalue weighted by molar-refractivity contribution is -0.132. The molecule has 3 amide bonds. The molecule has 114 valence electrons. The number of nitrogens with zero attached hydrogens (tertiary/aromatic N) is 1. The van der Waals surface area contributed by atoms with Crippen LogP contribution in [0.25, 0.3) is 0 Å². The highest BCUT2D eigenvalue weighted by molar-refractivity contribution is 6.07. The van der Waals surface area contributed by atoms with Gasteiger partial charge in [0.2, 0.25) is 0 Å². The maximum absolute atomic E-state index is 12.7. The average molecular weight is 290 g/mol. The number of carbonyl (C=O) groups is 2. The molecule has 0 aliphatic carbocycles. The summed E-state index contributed by atoms with van der Waals surface area (Å²) >= 11 is 0. The van der Waals surface area contributed by atoms with Crippen molar-refractivity contribution in [1.82, 2.24) is 10.2 Å². The predicted molar refractivity (Wildman–Crippen MR) is 79.7 cm³/mol. The SMILES string of the molecule is CCC1(c2ccccc2)NC(=O)N(CCOC(C)C)C1=O. The molecule has 1 fully saturated rings. The van der Waals surface area contributed by atoms with Gasteiger partial charge in [0, 0.05) is 0 Å². The molecule has 1 aliphatic heterocycles. The van der Waals surface area contributed by atoms with Gasteiger partial charge in [0.05, 0.1) is 19.3 Å². The van der Waals surface area contributed by atoms with Crippen molar-refractivity contribution in [3.63, 3.8) is 0 Å². The molecule has 0 aromatic heterocycles. The number of carbonyl (C=O) groups excluding carboxylic acids is 2. The fraction of sp³-hybridized carbons (Fsp3) is 0.500. The van der Waals surface area contributed by atoms with Crippen LogP contribution >= 0.6 is 0 Å². The molecule has 1 atom stereocenters. The van der Waals surface area contributed by atoms with E-state index in [-0.39, 0.29) is 24.6 Å². The van der Waals surface area contributed by atoms with E-state index in [2.05, 4.69) is 5.32 Å². The Morgan fingerprint density at radius 1 is 1.24 bits per heavy atom. The summed E-state index contributed by atoms with van der Waals surface area (Å²) in [6.45, 7) is 6.38. The number of nitrogens with one attached hydrogen (secondary N) is 1. The normalized spacial score (nSPS) is 22.0. The van der Waals surface area contributed by atoms with Crippen molar-refractivity contribution in [3.05, 3.63) is 35.9 Å². The topological polar surface area (TPSA) is 58.6 Å². The number of ether oxygens (including phenoxy) is 1. The van der Waals surface area contributed by atoms with Crippen LogP contribution < -0.4 is 5.32 Å². The number of rotatable bonds is 6. The summed E-state index contributed by atoms with van der Waals surface area (Å²) in [5.41, 5.74) is -0.131. The van der Waals surface area contributed by atoms with Crippen LogP contribution in [0, 0.1) is 0 Å². The van der Waals surface area contributed by atoms with Crippen molar-refractivity contribution in [3.8, 4) is 0 Å². The van der Waals surface area contributed by atoms with Crippen molar-refractivity contribution in [2.24, 2.45) is 0 Å². The Balaban J connectivity index is 2.19. The van der Waals surface area contributed by atoms with Gasteiger partial charge in [-0.05, 0) is 25.8 Å². The van der Waals surface area contributed by atoms with E-state index in [0.29, 0.717) is 13.0 Å². The molecule has 0 saturated carbocycles. The summed E-state index contributed by atoms with van der Waals surface area (Å²) in [5.74, 6) is -0.200. The number of urea groups is 1. The van der Waals surface area contributed by atoms with Crippen molar-refractivity contribution in [2.45, 2.75) is 38.8 Å². The first kappa shape index (κ1) is 15.5. The number of imide groups is 1. The summed E-state index contributed by atoms with van der Waals surface area (Å²) in [6.07, 6.45) is 0.596. The molecule has 5 heteroatoms.